The number of anilines is 1. The number of amides is 1. The number of rotatable bonds is 5. The highest BCUT2D eigenvalue weighted by atomic mass is 79.9. The van der Waals surface area contributed by atoms with Crippen LogP contribution in [0, 0.1) is 0 Å². The summed E-state index contributed by atoms with van der Waals surface area (Å²) in [5, 5.41) is 3.88. The van der Waals surface area contributed by atoms with Crippen molar-refractivity contribution >= 4 is 39.1 Å². The molecule has 0 saturated heterocycles. The first-order valence-corrected chi connectivity index (χ1v) is 7.34. The van der Waals surface area contributed by atoms with Gasteiger partial charge in [0.1, 0.15) is 5.75 Å². The van der Waals surface area contributed by atoms with Gasteiger partial charge in [0.25, 0.3) is 0 Å². The number of halogens is 2. The van der Waals surface area contributed by atoms with Gasteiger partial charge in [-0.15, -0.1) is 0 Å². The summed E-state index contributed by atoms with van der Waals surface area (Å²) in [6.07, 6.45) is 0. The molecule has 0 bridgehead atoms. The molecular weight excluding hydrogens is 356 g/mol. The monoisotopic (exact) mass is 368 g/mol. The van der Waals surface area contributed by atoms with E-state index in [1.54, 1.807) is 25.3 Å². The van der Waals surface area contributed by atoms with Crippen LogP contribution in [0.25, 0.3) is 0 Å². The normalized spacial score (nSPS) is 10.2. The SMILES string of the molecule is COc1ccc(C(N)=O)cc1NCc1cc(Cl)ccc1Br. The molecule has 0 saturated carbocycles. The van der Waals surface area contributed by atoms with E-state index in [1.807, 2.05) is 18.2 Å². The summed E-state index contributed by atoms with van der Waals surface area (Å²) in [4.78, 5) is 11.3. The number of hydrogen-bond acceptors (Lipinski definition) is 3. The molecule has 3 N–H and O–H groups in total. The van der Waals surface area contributed by atoms with Gasteiger partial charge in [-0.2, -0.15) is 0 Å². The van der Waals surface area contributed by atoms with E-state index in [0.717, 1.165) is 10.0 Å². The van der Waals surface area contributed by atoms with Gasteiger partial charge < -0.3 is 15.8 Å². The molecular formula is C15H14BrClN2O2. The maximum Gasteiger partial charge on any atom is 0.248 e. The van der Waals surface area contributed by atoms with Crippen LogP contribution >= 0.6 is 27.5 Å². The molecule has 2 aromatic carbocycles. The lowest BCUT2D eigenvalue weighted by atomic mass is 10.1. The number of nitrogens with one attached hydrogen (secondary N) is 1. The van der Waals surface area contributed by atoms with Gasteiger partial charge in [-0.1, -0.05) is 27.5 Å². The summed E-state index contributed by atoms with van der Waals surface area (Å²) in [5.41, 5.74) is 7.40. The second-order valence-corrected chi connectivity index (χ2v) is 5.66. The first-order valence-electron chi connectivity index (χ1n) is 6.17. The maximum absolute atomic E-state index is 11.3. The second kappa shape index (κ2) is 6.83. The molecule has 0 atom stereocenters. The number of methoxy groups -OCH3 is 1. The van der Waals surface area contributed by atoms with Gasteiger partial charge >= 0.3 is 0 Å². The van der Waals surface area contributed by atoms with E-state index in [9.17, 15) is 4.79 Å². The minimum Gasteiger partial charge on any atom is -0.495 e. The van der Waals surface area contributed by atoms with Crippen molar-refractivity contribution in [3.63, 3.8) is 0 Å². The Morgan fingerprint density at radius 2 is 2.10 bits per heavy atom. The van der Waals surface area contributed by atoms with Crippen molar-refractivity contribution in [2.24, 2.45) is 5.73 Å². The van der Waals surface area contributed by atoms with E-state index in [-0.39, 0.29) is 0 Å². The lowest BCUT2D eigenvalue weighted by molar-refractivity contribution is 0.100. The van der Waals surface area contributed by atoms with E-state index in [4.69, 9.17) is 22.1 Å². The van der Waals surface area contributed by atoms with Gasteiger partial charge in [0.15, 0.2) is 0 Å². The highest BCUT2D eigenvalue weighted by Crippen LogP contribution is 2.27. The smallest absolute Gasteiger partial charge is 0.248 e. The van der Waals surface area contributed by atoms with Crippen molar-refractivity contribution in [3.05, 3.63) is 57.0 Å². The number of hydrogen-bond donors (Lipinski definition) is 2. The predicted molar refractivity (Wildman–Crippen MR) is 88.0 cm³/mol. The zero-order valence-electron chi connectivity index (χ0n) is 11.3. The fourth-order valence-electron chi connectivity index (χ4n) is 1.87. The zero-order valence-corrected chi connectivity index (χ0v) is 13.7. The minimum atomic E-state index is -0.482. The third-order valence-electron chi connectivity index (χ3n) is 2.96. The Kier molecular flexibility index (Phi) is 5.09. The highest BCUT2D eigenvalue weighted by molar-refractivity contribution is 9.10. The predicted octanol–water partition coefficient (Wildman–Crippen LogP) is 3.82. The number of primary amides is 1. The van der Waals surface area contributed by atoms with Crippen molar-refractivity contribution in [2.45, 2.75) is 6.54 Å². The molecule has 0 aliphatic heterocycles. The molecule has 0 aliphatic rings. The maximum atomic E-state index is 11.3. The molecule has 0 aliphatic carbocycles. The Hall–Kier alpha value is -1.72. The zero-order chi connectivity index (χ0) is 15.4. The van der Waals surface area contributed by atoms with Gasteiger partial charge in [-0.25, -0.2) is 0 Å². The first kappa shape index (κ1) is 15.7. The summed E-state index contributed by atoms with van der Waals surface area (Å²) >= 11 is 9.46. The number of ether oxygens (including phenoxy) is 1. The van der Waals surface area contributed by atoms with Crippen LogP contribution in [-0.4, -0.2) is 13.0 Å². The van der Waals surface area contributed by atoms with Crippen LogP contribution < -0.4 is 15.8 Å². The van der Waals surface area contributed by atoms with Crippen molar-refractivity contribution in [1.82, 2.24) is 0 Å². The Balaban J connectivity index is 2.24. The van der Waals surface area contributed by atoms with Crippen LogP contribution in [-0.2, 0) is 6.54 Å². The summed E-state index contributed by atoms with van der Waals surface area (Å²) in [6.45, 7) is 0.527. The molecule has 4 nitrogen and oxygen atoms in total. The standard InChI is InChI=1S/C15H14BrClN2O2/c1-21-14-5-2-9(15(18)20)7-13(14)19-8-10-6-11(17)3-4-12(10)16/h2-7,19H,8H2,1H3,(H2,18,20). The molecule has 0 radical (unpaired) electrons. The topological polar surface area (TPSA) is 64.3 Å². The van der Waals surface area contributed by atoms with Gasteiger partial charge in [-0.05, 0) is 42.0 Å². The summed E-state index contributed by atoms with van der Waals surface area (Å²) < 4.78 is 6.22. The van der Waals surface area contributed by atoms with Gasteiger partial charge in [0, 0.05) is 21.6 Å². The van der Waals surface area contributed by atoms with E-state index in [2.05, 4.69) is 21.2 Å². The fraction of sp³-hybridized carbons (Fsp3) is 0.133. The van der Waals surface area contributed by atoms with Crippen LogP contribution in [0.4, 0.5) is 5.69 Å². The molecule has 2 rings (SSSR count). The fourth-order valence-corrected chi connectivity index (χ4v) is 2.45. The van der Waals surface area contributed by atoms with Gasteiger partial charge in [-0.3, -0.25) is 4.79 Å². The molecule has 0 heterocycles. The summed E-state index contributed by atoms with van der Waals surface area (Å²) in [5.74, 6) is 0.155. The quantitative estimate of drug-likeness (QED) is 0.842. The first-order chi connectivity index (χ1) is 10.0. The number of carbonyl (C=O) groups excluding carboxylic acids is 1. The molecule has 2 aromatic rings. The van der Waals surface area contributed by atoms with Crippen molar-refractivity contribution in [3.8, 4) is 5.75 Å². The third kappa shape index (κ3) is 3.89. The molecule has 6 heteroatoms. The Labute approximate surface area is 136 Å². The average molecular weight is 370 g/mol. The number of nitrogens with two attached hydrogens (primary N) is 1. The van der Waals surface area contributed by atoms with Crippen molar-refractivity contribution in [1.29, 1.82) is 0 Å². The van der Waals surface area contributed by atoms with E-state index >= 15 is 0 Å². The molecule has 21 heavy (non-hydrogen) atoms. The summed E-state index contributed by atoms with van der Waals surface area (Å²) in [6, 6.07) is 10.6. The Morgan fingerprint density at radius 3 is 2.76 bits per heavy atom. The molecule has 0 spiro atoms. The van der Waals surface area contributed by atoms with Crippen molar-refractivity contribution in [2.75, 3.05) is 12.4 Å². The van der Waals surface area contributed by atoms with Gasteiger partial charge in [0.05, 0.1) is 12.8 Å². The molecule has 0 fully saturated rings. The molecule has 0 aromatic heterocycles. The van der Waals surface area contributed by atoms with Crippen LogP contribution in [0.3, 0.4) is 0 Å². The second-order valence-electron chi connectivity index (χ2n) is 4.37. The number of benzene rings is 2. The van der Waals surface area contributed by atoms with Crippen molar-refractivity contribution < 1.29 is 9.53 Å². The largest absolute Gasteiger partial charge is 0.495 e. The third-order valence-corrected chi connectivity index (χ3v) is 3.97. The van der Waals surface area contributed by atoms with E-state index in [1.165, 1.54) is 0 Å². The molecule has 0 unspecified atom stereocenters. The van der Waals surface area contributed by atoms with Gasteiger partial charge in [0.2, 0.25) is 5.91 Å². The lowest BCUT2D eigenvalue weighted by Gasteiger charge is -2.13. The Morgan fingerprint density at radius 1 is 1.33 bits per heavy atom. The summed E-state index contributed by atoms with van der Waals surface area (Å²) in [7, 11) is 1.57. The molecule has 1 amide bonds. The van der Waals surface area contributed by atoms with Crippen LogP contribution in [0.5, 0.6) is 5.75 Å². The Bertz CT molecular complexity index is 677. The van der Waals surface area contributed by atoms with Crippen LogP contribution in [0.15, 0.2) is 40.9 Å². The van der Waals surface area contributed by atoms with Crippen LogP contribution in [0.1, 0.15) is 15.9 Å². The van der Waals surface area contributed by atoms with E-state index in [0.29, 0.717) is 28.6 Å². The lowest BCUT2D eigenvalue weighted by Crippen LogP contribution is -2.12. The number of carbonyl (C=O) groups is 1. The highest BCUT2D eigenvalue weighted by Gasteiger charge is 2.08. The minimum absolute atomic E-state index is 0.420. The van der Waals surface area contributed by atoms with Crippen LogP contribution in [0.2, 0.25) is 5.02 Å². The average Bonchev–Trinajstić information content (AvgIpc) is 2.47. The van der Waals surface area contributed by atoms with E-state index < -0.39 is 5.91 Å². The molecule has 110 valence electrons.